The van der Waals surface area contributed by atoms with E-state index in [2.05, 4.69) is 0 Å². The fourth-order valence-electron chi connectivity index (χ4n) is 2.40. The molecule has 1 atom stereocenters. The summed E-state index contributed by atoms with van der Waals surface area (Å²) in [5, 5.41) is 0. The van der Waals surface area contributed by atoms with Crippen molar-refractivity contribution in [2.75, 3.05) is 7.05 Å². The van der Waals surface area contributed by atoms with Crippen LogP contribution in [0.4, 0.5) is 13.2 Å². The summed E-state index contributed by atoms with van der Waals surface area (Å²) < 4.78 is 43.4. The Labute approximate surface area is 145 Å². The molecule has 6 heteroatoms. The summed E-state index contributed by atoms with van der Waals surface area (Å²) in [6, 6.07) is 12.1. The Morgan fingerprint density at radius 1 is 1.16 bits per heavy atom. The number of benzene rings is 2. The predicted molar refractivity (Wildman–Crippen MR) is 89.2 cm³/mol. The van der Waals surface area contributed by atoms with Crippen LogP contribution in [0.25, 0.3) is 0 Å². The molecule has 1 unspecified atom stereocenters. The van der Waals surface area contributed by atoms with Crippen LogP contribution in [-0.4, -0.2) is 24.0 Å². The summed E-state index contributed by atoms with van der Waals surface area (Å²) in [6.07, 6.45) is -5.06. The standard InChI is InChI=1S/C19H20F3NO2/c1-13-5-4-6-17(11-13)25-14(2)18(24)23(3)12-15-7-9-16(10-8-15)19(20,21)22/h4-11,14H,12H2,1-3H3. The molecule has 0 N–H and O–H groups in total. The second-order valence-electron chi connectivity index (χ2n) is 5.97. The number of halogens is 3. The number of alkyl halides is 3. The maximum absolute atomic E-state index is 12.6. The Bertz CT molecular complexity index is 726. The number of hydrogen-bond donors (Lipinski definition) is 0. The molecule has 0 radical (unpaired) electrons. The van der Waals surface area contributed by atoms with E-state index >= 15 is 0 Å². The number of carbonyl (C=O) groups excluding carboxylic acids is 1. The molecule has 3 nitrogen and oxygen atoms in total. The molecule has 0 aliphatic heterocycles. The molecule has 0 fully saturated rings. The zero-order valence-electron chi connectivity index (χ0n) is 14.3. The summed E-state index contributed by atoms with van der Waals surface area (Å²) in [5.74, 6) is 0.352. The van der Waals surface area contributed by atoms with Crippen LogP contribution in [0.5, 0.6) is 5.75 Å². The van der Waals surface area contributed by atoms with E-state index in [1.54, 1.807) is 20.0 Å². The van der Waals surface area contributed by atoms with Crippen molar-refractivity contribution in [3.05, 3.63) is 65.2 Å². The van der Waals surface area contributed by atoms with Crippen molar-refractivity contribution in [1.82, 2.24) is 4.90 Å². The minimum Gasteiger partial charge on any atom is -0.481 e. The minimum atomic E-state index is -4.36. The Morgan fingerprint density at radius 2 is 1.80 bits per heavy atom. The van der Waals surface area contributed by atoms with E-state index in [-0.39, 0.29) is 12.5 Å². The molecular formula is C19H20F3NO2. The molecule has 2 aromatic rings. The number of rotatable bonds is 5. The van der Waals surface area contributed by atoms with Gasteiger partial charge in [-0.1, -0.05) is 24.3 Å². The van der Waals surface area contributed by atoms with Gasteiger partial charge in [0.1, 0.15) is 5.75 Å². The molecule has 25 heavy (non-hydrogen) atoms. The average molecular weight is 351 g/mol. The van der Waals surface area contributed by atoms with Gasteiger partial charge in [-0.3, -0.25) is 4.79 Å². The van der Waals surface area contributed by atoms with Crippen molar-refractivity contribution < 1.29 is 22.7 Å². The van der Waals surface area contributed by atoms with E-state index in [0.29, 0.717) is 11.3 Å². The van der Waals surface area contributed by atoms with Crippen molar-refractivity contribution in [1.29, 1.82) is 0 Å². The number of aryl methyl sites for hydroxylation is 1. The third-order valence-electron chi connectivity index (χ3n) is 3.73. The molecule has 0 aromatic heterocycles. The Hall–Kier alpha value is -2.50. The summed E-state index contributed by atoms with van der Waals surface area (Å²) >= 11 is 0. The SMILES string of the molecule is Cc1cccc(OC(C)C(=O)N(C)Cc2ccc(C(F)(F)F)cc2)c1. The molecule has 134 valence electrons. The van der Waals surface area contributed by atoms with Gasteiger partial charge in [-0.25, -0.2) is 0 Å². The number of likely N-dealkylation sites (N-methyl/N-ethyl adjacent to an activating group) is 1. The van der Waals surface area contributed by atoms with Crippen LogP contribution in [0, 0.1) is 6.92 Å². The molecule has 2 rings (SSSR count). The van der Waals surface area contributed by atoms with E-state index < -0.39 is 17.8 Å². The molecular weight excluding hydrogens is 331 g/mol. The Morgan fingerprint density at radius 3 is 2.36 bits per heavy atom. The van der Waals surface area contributed by atoms with Gasteiger partial charge in [0, 0.05) is 13.6 Å². The fourth-order valence-corrected chi connectivity index (χ4v) is 2.40. The van der Waals surface area contributed by atoms with E-state index in [1.807, 2.05) is 25.1 Å². The van der Waals surface area contributed by atoms with Crippen molar-refractivity contribution >= 4 is 5.91 Å². The van der Waals surface area contributed by atoms with Crippen LogP contribution in [0.15, 0.2) is 48.5 Å². The van der Waals surface area contributed by atoms with Gasteiger partial charge in [-0.15, -0.1) is 0 Å². The summed E-state index contributed by atoms with van der Waals surface area (Å²) in [4.78, 5) is 13.8. The van der Waals surface area contributed by atoms with Crippen molar-refractivity contribution in [2.45, 2.75) is 32.7 Å². The topological polar surface area (TPSA) is 29.5 Å². The van der Waals surface area contributed by atoms with Gasteiger partial charge in [0.25, 0.3) is 5.91 Å². The highest BCUT2D eigenvalue weighted by Gasteiger charge is 2.30. The maximum Gasteiger partial charge on any atom is 0.416 e. The smallest absolute Gasteiger partial charge is 0.416 e. The lowest BCUT2D eigenvalue weighted by Crippen LogP contribution is -2.37. The third kappa shape index (κ3) is 5.24. The first-order valence-electron chi connectivity index (χ1n) is 7.81. The highest BCUT2D eigenvalue weighted by molar-refractivity contribution is 5.80. The molecule has 0 saturated heterocycles. The maximum atomic E-state index is 12.6. The van der Waals surface area contributed by atoms with E-state index in [4.69, 9.17) is 4.74 Å². The number of carbonyl (C=O) groups is 1. The number of nitrogens with zero attached hydrogens (tertiary/aromatic N) is 1. The Kier molecular flexibility index (Phi) is 5.72. The highest BCUT2D eigenvalue weighted by Crippen LogP contribution is 2.29. The number of ether oxygens (including phenoxy) is 1. The first kappa shape index (κ1) is 18.8. The summed E-state index contributed by atoms with van der Waals surface area (Å²) in [5.41, 5.74) is 0.934. The van der Waals surface area contributed by atoms with Gasteiger partial charge in [0.15, 0.2) is 6.10 Å². The second-order valence-corrected chi connectivity index (χ2v) is 5.97. The van der Waals surface area contributed by atoms with Crippen LogP contribution >= 0.6 is 0 Å². The highest BCUT2D eigenvalue weighted by atomic mass is 19.4. The van der Waals surface area contributed by atoms with Gasteiger partial charge >= 0.3 is 6.18 Å². The molecule has 0 saturated carbocycles. The second kappa shape index (κ2) is 7.59. The number of amides is 1. The van der Waals surface area contributed by atoms with E-state index in [9.17, 15) is 18.0 Å². The van der Waals surface area contributed by atoms with Crippen molar-refractivity contribution in [2.24, 2.45) is 0 Å². The molecule has 0 heterocycles. The molecule has 2 aromatic carbocycles. The predicted octanol–water partition coefficient (Wildman–Crippen LogP) is 4.44. The molecule has 0 bridgehead atoms. The van der Waals surface area contributed by atoms with Crippen LogP contribution in [0.3, 0.4) is 0 Å². The van der Waals surface area contributed by atoms with Gasteiger partial charge in [-0.05, 0) is 49.2 Å². The summed E-state index contributed by atoms with van der Waals surface area (Å²) in [6.45, 7) is 3.78. The zero-order valence-corrected chi connectivity index (χ0v) is 14.3. The van der Waals surface area contributed by atoms with Crippen LogP contribution in [0.2, 0.25) is 0 Å². The van der Waals surface area contributed by atoms with E-state index in [1.165, 1.54) is 17.0 Å². The molecule has 0 spiro atoms. The molecule has 0 aliphatic rings. The third-order valence-corrected chi connectivity index (χ3v) is 3.73. The lowest BCUT2D eigenvalue weighted by Gasteiger charge is -2.22. The van der Waals surface area contributed by atoms with Crippen LogP contribution in [-0.2, 0) is 17.5 Å². The van der Waals surface area contributed by atoms with Gasteiger partial charge in [0.05, 0.1) is 5.56 Å². The Balaban J connectivity index is 1.97. The fraction of sp³-hybridized carbons (Fsp3) is 0.316. The molecule has 1 amide bonds. The monoisotopic (exact) mass is 351 g/mol. The number of hydrogen-bond acceptors (Lipinski definition) is 2. The van der Waals surface area contributed by atoms with Crippen molar-refractivity contribution in [3.8, 4) is 5.75 Å². The lowest BCUT2D eigenvalue weighted by atomic mass is 10.1. The van der Waals surface area contributed by atoms with Gasteiger partial charge in [0.2, 0.25) is 0 Å². The quantitative estimate of drug-likeness (QED) is 0.797. The van der Waals surface area contributed by atoms with Crippen molar-refractivity contribution in [3.63, 3.8) is 0 Å². The van der Waals surface area contributed by atoms with Crippen LogP contribution < -0.4 is 4.74 Å². The van der Waals surface area contributed by atoms with Gasteiger partial charge < -0.3 is 9.64 Å². The van der Waals surface area contributed by atoms with Crippen LogP contribution in [0.1, 0.15) is 23.6 Å². The average Bonchev–Trinajstić information content (AvgIpc) is 2.53. The largest absolute Gasteiger partial charge is 0.481 e. The van der Waals surface area contributed by atoms with E-state index in [0.717, 1.165) is 17.7 Å². The first-order valence-corrected chi connectivity index (χ1v) is 7.81. The van der Waals surface area contributed by atoms with Gasteiger partial charge in [-0.2, -0.15) is 13.2 Å². The lowest BCUT2D eigenvalue weighted by molar-refractivity contribution is -0.138. The first-order chi connectivity index (χ1) is 11.7. The normalized spacial score (nSPS) is 12.6. The zero-order chi connectivity index (χ0) is 18.6. The minimum absolute atomic E-state index is 0.207. The molecule has 0 aliphatic carbocycles. The summed E-state index contributed by atoms with van der Waals surface area (Å²) in [7, 11) is 1.59.